The van der Waals surface area contributed by atoms with E-state index in [1.54, 1.807) is 47.3 Å². The van der Waals surface area contributed by atoms with Crippen molar-refractivity contribution in [2.75, 3.05) is 5.43 Å². The fourth-order valence-electron chi connectivity index (χ4n) is 3.53. The Morgan fingerprint density at radius 2 is 1.74 bits per heavy atom. The first-order chi connectivity index (χ1) is 16.6. The van der Waals surface area contributed by atoms with Gasteiger partial charge in [0.25, 0.3) is 5.69 Å². The highest BCUT2D eigenvalue weighted by atomic mass is 16.6. The van der Waals surface area contributed by atoms with Crippen LogP contribution in [0.1, 0.15) is 5.56 Å². The van der Waals surface area contributed by atoms with Gasteiger partial charge in [-0.05, 0) is 30.3 Å². The lowest BCUT2D eigenvalue weighted by Gasteiger charge is -2.02. The summed E-state index contributed by atoms with van der Waals surface area (Å²) in [5.74, 6) is 0. The van der Waals surface area contributed by atoms with Gasteiger partial charge in [0.1, 0.15) is 17.0 Å². The molecule has 0 unspecified atom stereocenters. The minimum Gasteiger partial charge on any atom is -0.422 e. The summed E-state index contributed by atoms with van der Waals surface area (Å²) >= 11 is 0. The van der Waals surface area contributed by atoms with E-state index < -0.39 is 10.5 Å². The molecule has 0 aliphatic rings. The molecular formula is C25H17N5O4. The molecular weight excluding hydrogens is 434 g/mol. The van der Waals surface area contributed by atoms with Gasteiger partial charge in [0.05, 0.1) is 22.4 Å². The Hall–Kier alpha value is -5.05. The van der Waals surface area contributed by atoms with E-state index in [1.807, 2.05) is 42.5 Å². The van der Waals surface area contributed by atoms with E-state index in [9.17, 15) is 14.9 Å². The zero-order valence-electron chi connectivity index (χ0n) is 17.7. The summed E-state index contributed by atoms with van der Waals surface area (Å²) in [6.45, 7) is 0. The number of hydrogen-bond acceptors (Lipinski definition) is 7. The van der Waals surface area contributed by atoms with Crippen LogP contribution in [0.25, 0.3) is 27.9 Å². The van der Waals surface area contributed by atoms with Gasteiger partial charge in [0.15, 0.2) is 0 Å². The third-order valence-corrected chi connectivity index (χ3v) is 5.15. The van der Waals surface area contributed by atoms with Crippen molar-refractivity contribution in [3.63, 3.8) is 0 Å². The third-order valence-electron chi connectivity index (χ3n) is 5.15. The molecule has 0 saturated carbocycles. The second-order valence-corrected chi connectivity index (χ2v) is 7.34. The topological polar surface area (TPSA) is 116 Å². The van der Waals surface area contributed by atoms with Crippen molar-refractivity contribution in [2.45, 2.75) is 0 Å². The maximum absolute atomic E-state index is 12.8. The van der Waals surface area contributed by atoms with Gasteiger partial charge >= 0.3 is 5.63 Å². The van der Waals surface area contributed by atoms with Crippen LogP contribution in [0.3, 0.4) is 0 Å². The molecule has 0 spiro atoms. The van der Waals surface area contributed by atoms with E-state index in [0.29, 0.717) is 16.8 Å². The molecule has 1 N–H and O–H groups in total. The van der Waals surface area contributed by atoms with Crippen molar-refractivity contribution < 1.29 is 9.34 Å². The molecule has 0 fully saturated rings. The molecule has 2 heterocycles. The number of para-hydroxylation sites is 4. The van der Waals surface area contributed by atoms with Crippen LogP contribution in [0.5, 0.6) is 0 Å². The molecule has 166 valence electrons. The Labute approximate surface area is 192 Å². The molecule has 34 heavy (non-hydrogen) atoms. The second kappa shape index (κ2) is 8.83. The quantitative estimate of drug-likeness (QED) is 0.168. The van der Waals surface area contributed by atoms with E-state index in [-0.39, 0.29) is 16.9 Å². The minimum absolute atomic E-state index is 0.102. The van der Waals surface area contributed by atoms with Gasteiger partial charge in [-0.15, -0.1) is 0 Å². The zero-order valence-corrected chi connectivity index (χ0v) is 17.7. The number of hydrazone groups is 1. The van der Waals surface area contributed by atoms with Crippen LogP contribution in [0.15, 0.2) is 105 Å². The van der Waals surface area contributed by atoms with Gasteiger partial charge in [0.2, 0.25) is 0 Å². The molecule has 0 atom stereocenters. The first-order valence-electron chi connectivity index (χ1n) is 10.3. The van der Waals surface area contributed by atoms with Crippen LogP contribution in [-0.2, 0) is 0 Å². The standard InChI is InChI=1S/C25H17N5O4/c31-25-20(14-17-8-4-7-13-23(17)34-25)24-18(16-29(28-24)19-9-2-1-3-10-19)15-26-27-21-11-5-6-12-22(21)30(32)33/h1-16,27H/b26-15+. The molecule has 0 radical (unpaired) electrons. The highest BCUT2D eigenvalue weighted by Gasteiger charge is 2.17. The van der Waals surface area contributed by atoms with E-state index in [4.69, 9.17) is 4.42 Å². The van der Waals surface area contributed by atoms with Crippen molar-refractivity contribution in [3.8, 4) is 16.9 Å². The van der Waals surface area contributed by atoms with Crippen LogP contribution < -0.4 is 11.1 Å². The number of rotatable bonds is 6. The summed E-state index contributed by atoms with van der Waals surface area (Å²) in [6, 6.07) is 24.6. The summed E-state index contributed by atoms with van der Waals surface area (Å²) in [6.07, 6.45) is 3.19. The van der Waals surface area contributed by atoms with Gasteiger partial charge < -0.3 is 4.42 Å². The number of nitro benzene ring substituents is 1. The first-order valence-corrected chi connectivity index (χ1v) is 10.3. The zero-order chi connectivity index (χ0) is 23.5. The molecule has 0 amide bonds. The molecule has 9 heteroatoms. The van der Waals surface area contributed by atoms with Crippen LogP contribution in [-0.4, -0.2) is 20.9 Å². The average molecular weight is 451 g/mol. The minimum atomic E-state index is -0.529. The maximum atomic E-state index is 12.8. The molecule has 5 aromatic rings. The summed E-state index contributed by atoms with van der Waals surface area (Å²) in [4.78, 5) is 23.6. The number of aromatic nitrogens is 2. The number of nitrogens with zero attached hydrogens (tertiary/aromatic N) is 4. The summed E-state index contributed by atoms with van der Waals surface area (Å²) in [5.41, 5.74) is 4.76. The van der Waals surface area contributed by atoms with Crippen LogP contribution in [0.4, 0.5) is 11.4 Å². The van der Waals surface area contributed by atoms with Crippen molar-refractivity contribution >= 4 is 28.6 Å². The second-order valence-electron chi connectivity index (χ2n) is 7.34. The number of fused-ring (bicyclic) bond motifs is 1. The van der Waals surface area contributed by atoms with E-state index >= 15 is 0 Å². The monoisotopic (exact) mass is 451 g/mol. The Kier molecular flexibility index (Phi) is 5.41. The van der Waals surface area contributed by atoms with Crippen molar-refractivity contribution in [1.82, 2.24) is 9.78 Å². The predicted molar refractivity (Wildman–Crippen MR) is 129 cm³/mol. The number of nitrogens with one attached hydrogen (secondary N) is 1. The van der Waals surface area contributed by atoms with Crippen molar-refractivity contribution in [3.05, 3.63) is 117 Å². The molecule has 0 aliphatic carbocycles. The molecule has 0 bridgehead atoms. The molecule has 0 aliphatic heterocycles. The van der Waals surface area contributed by atoms with E-state index in [0.717, 1.165) is 11.1 Å². The lowest BCUT2D eigenvalue weighted by Crippen LogP contribution is -2.05. The van der Waals surface area contributed by atoms with Crippen LogP contribution in [0, 0.1) is 10.1 Å². The van der Waals surface area contributed by atoms with E-state index in [1.165, 1.54) is 12.3 Å². The number of benzene rings is 3. The fourth-order valence-corrected chi connectivity index (χ4v) is 3.53. The van der Waals surface area contributed by atoms with Crippen molar-refractivity contribution in [2.24, 2.45) is 5.10 Å². The summed E-state index contributed by atoms with van der Waals surface area (Å²) < 4.78 is 7.13. The number of nitro groups is 1. The van der Waals surface area contributed by atoms with E-state index in [2.05, 4.69) is 15.6 Å². The highest BCUT2D eigenvalue weighted by molar-refractivity contribution is 5.91. The number of anilines is 1. The van der Waals surface area contributed by atoms with Crippen molar-refractivity contribution in [1.29, 1.82) is 0 Å². The molecule has 2 aromatic heterocycles. The smallest absolute Gasteiger partial charge is 0.345 e. The molecule has 9 nitrogen and oxygen atoms in total. The Bertz CT molecular complexity index is 1590. The van der Waals surface area contributed by atoms with Gasteiger partial charge in [-0.2, -0.15) is 10.2 Å². The SMILES string of the molecule is O=c1oc2ccccc2cc1-c1nn(-c2ccccc2)cc1/C=N/Nc1ccccc1[N+](=O)[O-]. The first kappa shape index (κ1) is 20.8. The van der Waals surface area contributed by atoms with Gasteiger partial charge in [-0.3, -0.25) is 15.5 Å². The molecule has 0 saturated heterocycles. The van der Waals surface area contributed by atoms with Gasteiger partial charge in [-0.1, -0.05) is 48.5 Å². The molecule has 5 rings (SSSR count). The van der Waals surface area contributed by atoms with Crippen LogP contribution >= 0.6 is 0 Å². The largest absolute Gasteiger partial charge is 0.422 e. The Morgan fingerprint density at radius 3 is 2.56 bits per heavy atom. The lowest BCUT2D eigenvalue weighted by molar-refractivity contribution is -0.384. The Morgan fingerprint density at radius 1 is 1.00 bits per heavy atom. The third kappa shape index (κ3) is 4.05. The highest BCUT2D eigenvalue weighted by Crippen LogP contribution is 2.25. The maximum Gasteiger partial charge on any atom is 0.345 e. The van der Waals surface area contributed by atoms with Gasteiger partial charge in [0, 0.05) is 23.2 Å². The fraction of sp³-hybridized carbons (Fsp3) is 0. The lowest BCUT2D eigenvalue weighted by atomic mass is 10.1. The summed E-state index contributed by atoms with van der Waals surface area (Å²) in [7, 11) is 0. The normalized spacial score (nSPS) is 11.2. The Balaban J connectivity index is 1.59. The molecule has 3 aromatic carbocycles. The summed E-state index contributed by atoms with van der Waals surface area (Å²) in [5, 5.41) is 20.8. The average Bonchev–Trinajstić information content (AvgIpc) is 3.28. The van der Waals surface area contributed by atoms with Crippen LogP contribution in [0.2, 0.25) is 0 Å². The predicted octanol–water partition coefficient (Wildman–Crippen LogP) is 5.00. The van der Waals surface area contributed by atoms with Gasteiger partial charge in [-0.25, -0.2) is 9.48 Å². The number of hydrogen-bond donors (Lipinski definition) is 1.